The number of aliphatic hydroxyl groups is 1. The Kier molecular flexibility index (Phi) is 6.31. The number of nitrogens with one attached hydrogen (secondary N) is 2. The number of rotatable bonds is 6. The highest BCUT2D eigenvalue weighted by Gasteiger charge is 2.51. The lowest BCUT2D eigenvalue weighted by molar-refractivity contribution is -0.122. The van der Waals surface area contributed by atoms with E-state index in [-0.39, 0.29) is 5.91 Å². The number of amides is 1. The third kappa shape index (κ3) is 4.69. The summed E-state index contributed by atoms with van der Waals surface area (Å²) >= 11 is 0. The highest BCUT2D eigenvalue weighted by atomic mass is 16.7. The SMILES string of the molecule is CC1(C)OB(c2ccc(N3CCCC(NC(O)Nc4ccccc4)C3=O)cc2)OC1(C)C. The van der Waals surface area contributed by atoms with Crippen molar-refractivity contribution in [2.24, 2.45) is 0 Å². The zero-order chi connectivity index (χ0) is 22.9. The summed E-state index contributed by atoms with van der Waals surface area (Å²) in [6.07, 6.45) is 0.507. The molecule has 170 valence electrons. The van der Waals surface area contributed by atoms with E-state index < -0.39 is 30.7 Å². The van der Waals surface area contributed by atoms with Crippen molar-refractivity contribution in [3.05, 3.63) is 54.6 Å². The van der Waals surface area contributed by atoms with Crippen LogP contribution >= 0.6 is 0 Å². The highest BCUT2D eigenvalue weighted by Crippen LogP contribution is 2.36. The third-order valence-corrected chi connectivity index (χ3v) is 6.61. The van der Waals surface area contributed by atoms with E-state index >= 15 is 0 Å². The summed E-state index contributed by atoms with van der Waals surface area (Å²) in [6.45, 7) is 8.77. The molecule has 2 aliphatic rings. The van der Waals surface area contributed by atoms with E-state index in [0.717, 1.165) is 23.3 Å². The van der Waals surface area contributed by atoms with Crippen LogP contribution in [-0.2, 0) is 14.1 Å². The topological polar surface area (TPSA) is 83.1 Å². The monoisotopic (exact) mass is 437 g/mol. The van der Waals surface area contributed by atoms with Crippen molar-refractivity contribution >= 4 is 29.9 Å². The first kappa shape index (κ1) is 22.8. The minimum Gasteiger partial charge on any atom is -0.399 e. The van der Waals surface area contributed by atoms with Crippen LogP contribution in [0.3, 0.4) is 0 Å². The molecule has 2 atom stereocenters. The maximum atomic E-state index is 13.1. The van der Waals surface area contributed by atoms with Gasteiger partial charge >= 0.3 is 7.12 Å². The number of nitrogens with zero attached hydrogens (tertiary/aromatic N) is 1. The summed E-state index contributed by atoms with van der Waals surface area (Å²) in [7, 11) is -0.431. The van der Waals surface area contributed by atoms with Gasteiger partial charge in [0.05, 0.1) is 17.2 Å². The second-order valence-corrected chi connectivity index (χ2v) is 9.44. The fourth-order valence-electron chi connectivity index (χ4n) is 4.00. The van der Waals surface area contributed by atoms with Crippen molar-refractivity contribution in [1.29, 1.82) is 0 Å². The Hall–Kier alpha value is -2.39. The van der Waals surface area contributed by atoms with Gasteiger partial charge in [-0.3, -0.25) is 10.1 Å². The largest absolute Gasteiger partial charge is 0.494 e. The van der Waals surface area contributed by atoms with Crippen LogP contribution in [0.4, 0.5) is 11.4 Å². The maximum Gasteiger partial charge on any atom is 0.494 e. The van der Waals surface area contributed by atoms with Gasteiger partial charge in [0.2, 0.25) is 5.91 Å². The average Bonchev–Trinajstić information content (AvgIpc) is 2.97. The van der Waals surface area contributed by atoms with Crippen LogP contribution in [0.15, 0.2) is 54.6 Å². The number of anilines is 2. The molecule has 0 bridgehead atoms. The van der Waals surface area contributed by atoms with E-state index in [1.807, 2.05) is 82.3 Å². The van der Waals surface area contributed by atoms with Crippen molar-refractivity contribution < 1.29 is 19.2 Å². The van der Waals surface area contributed by atoms with Crippen molar-refractivity contribution in [2.45, 2.75) is 64.1 Å². The minimum absolute atomic E-state index is 0.0476. The molecule has 2 unspecified atom stereocenters. The molecule has 3 N–H and O–H groups in total. The molecule has 4 rings (SSSR count). The molecule has 0 saturated carbocycles. The summed E-state index contributed by atoms with van der Waals surface area (Å²) in [5.74, 6) is -0.0476. The molecule has 2 fully saturated rings. The standard InChI is InChI=1S/C24H32BN3O4/c1-23(2)24(3,4)32-25(31-23)17-12-14-19(15-13-17)28-16-8-11-20(21(28)29)27-22(30)26-18-9-6-5-7-10-18/h5-7,9-10,12-15,20,22,26-27,30H,8,11,16H2,1-4H3. The number of aliphatic hydroxyl groups excluding tert-OH is 1. The zero-order valence-electron chi connectivity index (χ0n) is 19.2. The van der Waals surface area contributed by atoms with Gasteiger partial charge in [0.15, 0.2) is 6.35 Å². The Balaban J connectivity index is 1.40. The van der Waals surface area contributed by atoms with E-state index in [0.29, 0.717) is 13.0 Å². The van der Waals surface area contributed by atoms with Crippen molar-refractivity contribution in [1.82, 2.24) is 5.32 Å². The van der Waals surface area contributed by atoms with Crippen molar-refractivity contribution in [2.75, 3.05) is 16.8 Å². The lowest BCUT2D eigenvalue weighted by atomic mass is 9.79. The minimum atomic E-state index is -1.02. The Bertz CT molecular complexity index is 920. The number of carbonyl (C=O) groups excluding carboxylic acids is 1. The maximum absolute atomic E-state index is 13.1. The molecule has 2 aromatic rings. The van der Waals surface area contributed by atoms with E-state index in [9.17, 15) is 9.90 Å². The normalized spacial score (nSPS) is 23.3. The van der Waals surface area contributed by atoms with Crippen molar-refractivity contribution in [3.8, 4) is 0 Å². The first-order valence-electron chi connectivity index (χ1n) is 11.2. The summed E-state index contributed by atoms with van der Waals surface area (Å²) < 4.78 is 12.2. The molecule has 2 saturated heterocycles. The molecule has 0 aromatic heterocycles. The summed E-state index contributed by atoms with van der Waals surface area (Å²) in [5.41, 5.74) is 1.74. The smallest absolute Gasteiger partial charge is 0.399 e. The predicted octanol–water partition coefficient (Wildman–Crippen LogP) is 2.46. The third-order valence-electron chi connectivity index (χ3n) is 6.61. The molecule has 8 heteroatoms. The van der Waals surface area contributed by atoms with Gasteiger partial charge in [-0.15, -0.1) is 0 Å². The quantitative estimate of drug-likeness (QED) is 0.476. The summed E-state index contributed by atoms with van der Waals surface area (Å²) in [4.78, 5) is 14.9. The molecule has 2 heterocycles. The number of para-hydroxylation sites is 1. The molecule has 7 nitrogen and oxygen atoms in total. The fourth-order valence-corrected chi connectivity index (χ4v) is 4.00. The number of carbonyl (C=O) groups is 1. The summed E-state index contributed by atoms with van der Waals surface area (Å²) in [6, 6.07) is 16.7. The van der Waals surface area contributed by atoms with Crippen LogP contribution < -0.4 is 21.0 Å². The molecule has 0 radical (unpaired) electrons. The van der Waals surface area contributed by atoms with Gasteiger partial charge in [-0.1, -0.05) is 30.3 Å². The van der Waals surface area contributed by atoms with Crippen LogP contribution in [0.5, 0.6) is 0 Å². The van der Waals surface area contributed by atoms with E-state index in [1.165, 1.54) is 0 Å². The first-order chi connectivity index (χ1) is 15.2. The Morgan fingerprint density at radius 1 is 1.03 bits per heavy atom. The van der Waals surface area contributed by atoms with Crippen LogP contribution in [-0.4, -0.2) is 48.3 Å². The number of hydrogen-bond donors (Lipinski definition) is 3. The van der Waals surface area contributed by atoms with E-state index in [2.05, 4.69) is 10.6 Å². The second kappa shape index (κ2) is 8.86. The molecule has 2 aliphatic heterocycles. The summed E-state index contributed by atoms with van der Waals surface area (Å²) in [5, 5.41) is 16.3. The zero-order valence-corrected chi connectivity index (χ0v) is 19.2. The molecule has 1 amide bonds. The molecular weight excluding hydrogens is 405 g/mol. The average molecular weight is 437 g/mol. The lowest BCUT2D eigenvalue weighted by Gasteiger charge is -2.34. The molecule has 0 aliphatic carbocycles. The Morgan fingerprint density at radius 2 is 1.66 bits per heavy atom. The van der Waals surface area contributed by atoms with Crippen LogP contribution in [0.2, 0.25) is 0 Å². The number of benzene rings is 2. The second-order valence-electron chi connectivity index (χ2n) is 9.44. The van der Waals surface area contributed by atoms with Gasteiger partial charge < -0.3 is 24.6 Å². The fraction of sp³-hybridized carbons (Fsp3) is 0.458. The molecule has 0 spiro atoms. The van der Waals surface area contributed by atoms with Gasteiger partial charge in [-0.05, 0) is 70.3 Å². The molecular formula is C24H32BN3O4. The van der Waals surface area contributed by atoms with Crippen LogP contribution in [0.25, 0.3) is 0 Å². The number of hydrogen-bond acceptors (Lipinski definition) is 6. The Labute approximate surface area is 190 Å². The lowest BCUT2D eigenvalue weighted by Crippen LogP contribution is -2.55. The van der Waals surface area contributed by atoms with Gasteiger partial charge in [-0.2, -0.15) is 0 Å². The van der Waals surface area contributed by atoms with Crippen molar-refractivity contribution in [3.63, 3.8) is 0 Å². The van der Waals surface area contributed by atoms with E-state index in [1.54, 1.807) is 4.90 Å². The molecule has 32 heavy (non-hydrogen) atoms. The van der Waals surface area contributed by atoms with Gasteiger partial charge in [0.25, 0.3) is 0 Å². The van der Waals surface area contributed by atoms with Crippen LogP contribution in [0.1, 0.15) is 40.5 Å². The van der Waals surface area contributed by atoms with Gasteiger partial charge in [0.1, 0.15) is 0 Å². The predicted molar refractivity (Wildman–Crippen MR) is 127 cm³/mol. The van der Waals surface area contributed by atoms with Crippen LogP contribution in [0, 0.1) is 0 Å². The molecule has 2 aromatic carbocycles. The number of piperidine rings is 1. The first-order valence-corrected chi connectivity index (χ1v) is 11.2. The van der Waals surface area contributed by atoms with Gasteiger partial charge in [-0.25, -0.2) is 0 Å². The highest BCUT2D eigenvalue weighted by molar-refractivity contribution is 6.62. The Morgan fingerprint density at radius 3 is 2.28 bits per heavy atom. The van der Waals surface area contributed by atoms with E-state index in [4.69, 9.17) is 9.31 Å². The van der Waals surface area contributed by atoms with Gasteiger partial charge in [0, 0.05) is 17.9 Å².